The van der Waals surface area contributed by atoms with Gasteiger partial charge in [-0.1, -0.05) is 61.5 Å². The molecule has 110 valence electrons. The SMILES string of the molecule is Cc1ccccc1C(C)NC(=O)CC(C)c1ccccc1. The van der Waals surface area contributed by atoms with Gasteiger partial charge in [0.2, 0.25) is 5.91 Å². The molecule has 2 aromatic rings. The molecule has 0 aromatic heterocycles. The van der Waals surface area contributed by atoms with Gasteiger partial charge in [-0.15, -0.1) is 0 Å². The molecule has 0 aliphatic heterocycles. The number of hydrogen-bond donors (Lipinski definition) is 1. The number of nitrogens with one attached hydrogen (secondary N) is 1. The van der Waals surface area contributed by atoms with Gasteiger partial charge in [-0.05, 0) is 36.5 Å². The van der Waals surface area contributed by atoms with Crippen LogP contribution in [0.2, 0.25) is 0 Å². The van der Waals surface area contributed by atoms with Crippen LogP contribution in [0.25, 0.3) is 0 Å². The monoisotopic (exact) mass is 281 g/mol. The van der Waals surface area contributed by atoms with Crippen LogP contribution < -0.4 is 5.32 Å². The standard InChI is InChI=1S/C19H23NO/c1-14-9-7-8-12-18(14)16(3)20-19(21)13-15(2)17-10-5-4-6-11-17/h4-12,15-16H,13H2,1-3H3,(H,20,21). The van der Waals surface area contributed by atoms with E-state index in [9.17, 15) is 4.79 Å². The average molecular weight is 281 g/mol. The molecule has 0 aliphatic carbocycles. The summed E-state index contributed by atoms with van der Waals surface area (Å²) in [5, 5.41) is 3.10. The van der Waals surface area contributed by atoms with Gasteiger partial charge in [0.15, 0.2) is 0 Å². The van der Waals surface area contributed by atoms with Crippen molar-refractivity contribution >= 4 is 5.91 Å². The molecule has 1 N–H and O–H groups in total. The van der Waals surface area contributed by atoms with E-state index in [1.54, 1.807) is 0 Å². The van der Waals surface area contributed by atoms with Crippen molar-refractivity contribution in [2.24, 2.45) is 0 Å². The zero-order chi connectivity index (χ0) is 15.2. The zero-order valence-electron chi connectivity index (χ0n) is 13.0. The highest BCUT2D eigenvalue weighted by atomic mass is 16.1. The quantitative estimate of drug-likeness (QED) is 0.866. The maximum Gasteiger partial charge on any atom is 0.221 e. The highest BCUT2D eigenvalue weighted by Crippen LogP contribution is 2.20. The molecule has 2 rings (SSSR count). The fourth-order valence-electron chi connectivity index (χ4n) is 2.63. The maximum absolute atomic E-state index is 12.2. The lowest BCUT2D eigenvalue weighted by molar-refractivity contribution is -0.122. The van der Waals surface area contributed by atoms with Crippen molar-refractivity contribution in [3.8, 4) is 0 Å². The molecule has 2 nitrogen and oxygen atoms in total. The van der Waals surface area contributed by atoms with Crippen molar-refractivity contribution in [3.63, 3.8) is 0 Å². The molecule has 0 fully saturated rings. The Labute approximate surface area is 127 Å². The summed E-state index contributed by atoms with van der Waals surface area (Å²) < 4.78 is 0. The number of aryl methyl sites for hydroxylation is 1. The lowest BCUT2D eigenvalue weighted by atomic mass is 9.97. The molecular weight excluding hydrogens is 258 g/mol. The van der Waals surface area contributed by atoms with E-state index in [-0.39, 0.29) is 17.9 Å². The molecule has 0 heterocycles. The van der Waals surface area contributed by atoms with E-state index in [2.05, 4.69) is 43.4 Å². The largest absolute Gasteiger partial charge is 0.350 e. The Hall–Kier alpha value is -2.09. The van der Waals surface area contributed by atoms with Crippen LogP contribution in [0.3, 0.4) is 0 Å². The van der Waals surface area contributed by atoms with Crippen molar-refractivity contribution < 1.29 is 4.79 Å². The van der Waals surface area contributed by atoms with Gasteiger partial charge in [0, 0.05) is 6.42 Å². The van der Waals surface area contributed by atoms with Gasteiger partial charge in [0.25, 0.3) is 0 Å². The highest BCUT2D eigenvalue weighted by Gasteiger charge is 2.14. The van der Waals surface area contributed by atoms with Crippen molar-refractivity contribution in [2.75, 3.05) is 0 Å². The van der Waals surface area contributed by atoms with Gasteiger partial charge in [0.1, 0.15) is 0 Å². The minimum Gasteiger partial charge on any atom is -0.350 e. The van der Waals surface area contributed by atoms with E-state index < -0.39 is 0 Å². The third kappa shape index (κ3) is 4.19. The van der Waals surface area contributed by atoms with Crippen molar-refractivity contribution in [1.82, 2.24) is 5.32 Å². The predicted octanol–water partition coefficient (Wildman–Crippen LogP) is 4.37. The Morgan fingerprint density at radius 2 is 1.62 bits per heavy atom. The van der Waals surface area contributed by atoms with Gasteiger partial charge < -0.3 is 5.32 Å². The summed E-state index contributed by atoms with van der Waals surface area (Å²) in [6.45, 7) is 6.20. The van der Waals surface area contributed by atoms with Gasteiger partial charge >= 0.3 is 0 Å². The van der Waals surface area contributed by atoms with Crippen LogP contribution >= 0.6 is 0 Å². The first-order chi connectivity index (χ1) is 10.1. The third-order valence-electron chi connectivity index (χ3n) is 3.89. The Kier molecular flexibility index (Phi) is 5.15. The Balaban J connectivity index is 1.94. The molecule has 2 aromatic carbocycles. The summed E-state index contributed by atoms with van der Waals surface area (Å²) in [5.41, 5.74) is 3.59. The first kappa shape index (κ1) is 15.3. The number of benzene rings is 2. The maximum atomic E-state index is 12.2. The summed E-state index contributed by atoms with van der Waals surface area (Å²) in [6, 6.07) is 18.4. The zero-order valence-corrected chi connectivity index (χ0v) is 13.0. The lowest BCUT2D eigenvalue weighted by Crippen LogP contribution is -2.28. The summed E-state index contributed by atoms with van der Waals surface area (Å²) >= 11 is 0. The number of carbonyl (C=O) groups excluding carboxylic acids is 1. The normalized spacial score (nSPS) is 13.5. The van der Waals surface area contributed by atoms with E-state index in [1.165, 1.54) is 16.7 Å². The Morgan fingerprint density at radius 1 is 1.00 bits per heavy atom. The Morgan fingerprint density at radius 3 is 2.29 bits per heavy atom. The molecule has 1 amide bonds. The van der Waals surface area contributed by atoms with E-state index in [1.807, 2.05) is 37.3 Å². The molecule has 0 radical (unpaired) electrons. The fraction of sp³-hybridized carbons (Fsp3) is 0.316. The van der Waals surface area contributed by atoms with Crippen LogP contribution in [-0.2, 0) is 4.79 Å². The molecule has 0 spiro atoms. The molecule has 21 heavy (non-hydrogen) atoms. The minimum absolute atomic E-state index is 0.0432. The van der Waals surface area contributed by atoms with Crippen molar-refractivity contribution in [2.45, 2.75) is 39.2 Å². The molecular formula is C19H23NO. The number of amides is 1. The summed E-state index contributed by atoms with van der Waals surface area (Å²) in [4.78, 5) is 12.2. The average Bonchev–Trinajstić information content (AvgIpc) is 2.48. The summed E-state index contributed by atoms with van der Waals surface area (Å²) in [6.07, 6.45) is 0.514. The predicted molar refractivity (Wildman–Crippen MR) is 87.2 cm³/mol. The summed E-state index contributed by atoms with van der Waals surface area (Å²) in [7, 11) is 0. The smallest absolute Gasteiger partial charge is 0.221 e. The molecule has 0 bridgehead atoms. The molecule has 2 unspecified atom stereocenters. The van der Waals surface area contributed by atoms with Crippen molar-refractivity contribution in [3.05, 3.63) is 71.3 Å². The second kappa shape index (κ2) is 7.07. The molecule has 0 saturated heterocycles. The molecule has 2 atom stereocenters. The fourth-order valence-corrected chi connectivity index (χ4v) is 2.63. The van der Waals surface area contributed by atoms with Crippen LogP contribution in [0.1, 0.15) is 48.9 Å². The molecule has 2 heteroatoms. The minimum atomic E-state index is 0.0432. The lowest BCUT2D eigenvalue weighted by Gasteiger charge is -2.18. The van der Waals surface area contributed by atoms with Crippen molar-refractivity contribution in [1.29, 1.82) is 0 Å². The first-order valence-electron chi connectivity index (χ1n) is 7.47. The molecule has 0 saturated carbocycles. The number of carbonyl (C=O) groups is 1. The van der Waals surface area contributed by atoms with Crippen LogP contribution in [-0.4, -0.2) is 5.91 Å². The number of hydrogen-bond acceptors (Lipinski definition) is 1. The van der Waals surface area contributed by atoms with E-state index >= 15 is 0 Å². The van der Waals surface area contributed by atoms with Gasteiger partial charge in [0.05, 0.1) is 6.04 Å². The Bertz CT molecular complexity index is 592. The van der Waals surface area contributed by atoms with E-state index in [4.69, 9.17) is 0 Å². The second-order valence-electron chi connectivity index (χ2n) is 5.66. The van der Waals surface area contributed by atoms with Gasteiger partial charge in [-0.2, -0.15) is 0 Å². The van der Waals surface area contributed by atoms with Crippen LogP contribution in [0.5, 0.6) is 0 Å². The third-order valence-corrected chi connectivity index (χ3v) is 3.89. The van der Waals surface area contributed by atoms with Crippen LogP contribution in [0.4, 0.5) is 0 Å². The highest BCUT2D eigenvalue weighted by molar-refractivity contribution is 5.77. The number of rotatable bonds is 5. The molecule has 0 aliphatic rings. The van der Waals surface area contributed by atoms with Crippen LogP contribution in [0.15, 0.2) is 54.6 Å². The topological polar surface area (TPSA) is 29.1 Å². The second-order valence-corrected chi connectivity index (χ2v) is 5.66. The first-order valence-corrected chi connectivity index (χ1v) is 7.47. The van der Waals surface area contributed by atoms with Gasteiger partial charge in [-0.3, -0.25) is 4.79 Å². The van der Waals surface area contributed by atoms with Crippen LogP contribution in [0, 0.1) is 6.92 Å². The van der Waals surface area contributed by atoms with Gasteiger partial charge in [-0.25, -0.2) is 0 Å². The van der Waals surface area contributed by atoms with E-state index in [0.29, 0.717) is 6.42 Å². The summed E-state index contributed by atoms with van der Waals surface area (Å²) in [5.74, 6) is 0.331. The van der Waals surface area contributed by atoms with E-state index in [0.717, 1.165) is 0 Å².